The average Bonchev–Trinajstić information content (AvgIpc) is 2.69. The van der Waals surface area contributed by atoms with E-state index >= 15 is 0 Å². The Kier molecular flexibility index (Phi) is 7.32. The molecule has 2 unspecified atom stereocenters. The van der Waals surface area contributed by atoms with Gasteiger partial charge in [0.15, 0.2) is 23.0 Å². The van der Waals surface area contributed by atoms with E-state index in [4.69, 9.17) is 14.2 Å². The zero-order valence-electron chi connectivity index (χ0n) is 15.7. The van der Waals surface area contributed by atoms with Gasteiger partial charge >= 0.3 is 0 Å². The minimum absolute atomic E-state index is 0.0996. The second-order valence-corrected chi connectivity index (χ2v) is 6.11. The number of phenols is 2. The predicted octanol–water partition coefficient (Wildman–Crippen LogP) is 4.03. The van der Waals surface area contributed by atoms with Crippen LogP contribution in [-0.2, 0) is 17.6 Å². The van der Waals surface area contributed by atoms with Crippen molar-refractivity contribution in [2.24, 2.45) is 0 Å². The summed E-state index contributed by atoms with van der Waals surface area (Å²) in [6, 6.07) is 10.4. The molecule has 2 aromatic rings. The molecule has 0 bridgehead atoms. The van der Waals surface area contributed by atoms with Crippen molar-refractivity contribution < 1.29 is 24.4 Å². The molecule has 0 saturated carbocycles. The van der Waals surface area contributed by atoms with E-state index < -0.39 is 0 Å². The van der Waals surface area contributed by atoms with Gasteiger partial charge in [-0.2, -0.15) is 0 Å². The van der Waals surface area contributed by atoms with E-state index in [-0.39, 0.29) is 23.7 Å². The van der Waals surface area contributed by atoms with Crippen molar-refractivity contribution in [1.29, 1.82) is 0 Å². The third-order valence-electron chi connectivity index (χ3n) is 4.24. The lowest BCUT2D eigenvalue weighted by Gasteiger charge is -2.21. The zero-order valence-corrected chi connectivity index (χ0v) is 15.7. The van der Waals surface area contributed by atoms with E-state index in [1.165, 1.54) is 14.2 Å². The van der Waals surface area contributed by atoms with Gasteiger partial charge in [0.05, 0.1) is 26.4 Å². The van der Waals surface area contributed by atoms with Crippen molar-refractivity contribution in [3.05, 3.63) is 72.8 Å². The summed E-state index contributed by atoms with van der Waals surface area (Å²) < 4.78 is 16.4. The number of hydrogen-bond acceptors (Lipinski definition) is 5. The lowest BCUT2D eigenvalue weighted by atomic mass is 10.0. The fraction of sp³-hybridized carbons (Fsp3) is 0.273. The molecular formula is C22H26O5. The number of rotatable bonds is 10. The molecule has 0 aromatic heterocycles. The van der Waals surface area contributed by atoms with Gasteiger partial charge in [-0.15, -0.1) is 13.2 Å². The summed E-state index contributed by atoms with van der Waals surface area (Å²) in [4.78, 5) is 0. The van der Waals surface area contributed by atoms with Crippen LogP contribution in [0.3, 0.4) is 0 Å². The predicted molar refractivity (Wildman–Crippen MR) is 106 cm³/mol. The first-order valence-corrected chi connectivity index (χ1v) is 8.63. The third-order valence-corrected chi connectivity index (χ3v) is 4.24. The maximum Gasteiger partial charge on any atom is 0.160 e. The molecule has 2 aromatic carbocycles. The molecule has 2 rings (SSSR count). The van der Waals surface area contributed by atoms with Crippen LogP contribution in [0.4, 0.5) is 0 Å². The second kappa shape index (κ2) is 9.69. The van der Waals surface area contributed by atoms with Gasteiger partial charge in [-0.25, -0.2) is 0 Å². The van der Waals surface area contributed by atoms with E-state index in [0.717, 1.165) is 11.1 Å². The highest BCUT2D eigenvalue weighted by atomic mass is 16.5. The van der Waals surface area contributed by atoms with Crippen LogP contribution in [0.2, 0.25) is 0 Å². The van der Waals surface area contributed by atoms with Crippen LogP contribution in [0, 0.1) is 0 Å². The molecule has 27 heavy (non-hydrogen) atoms. The highest BCUT2D eigenvalue weighted by molar-refractivity contribution is 5.43. The SMILES string of the molecule is C=CC(Cc1ccc(O)c(OC)c1)OC(C=C)Cc1ccc(O)c(OC)c1. The van der Waals surface area contributed by atoms with Crippen molar-refractivity contribution in [2.45, 2.75) is 25.0 Å². The van der Waals surface area contributed by atoms with Crippen LogP contribution in [-0.4, -0.2) is 36.6 Å². The van der Waals surface area contributed by atoms with Crippen LogP contribution >= 0.6 is 0 Å². The van der Waals surface area contributed by atoms with Gasteiger partial charge < -0.3 is 24.4 Å². The van der Waals surface area contributed by atoms with Gasteiger partial charge in [-0.3, -0.25) is 0 Å². The Morgan fingerprint density at radius 2 is 1.22 bits per heavy atom. The molecule has 5 heteroatoms. The normalized spacial score (nSPS) is 12.8. The fourth-order valence-corrected chi connectivity index (χ4v) is 2.76. The van der Waals surface area contributed by atoms with Crippen molar-refractivity contribution >= 4 is 0 Å². The van der Waals surface area contributed by atoms with Gasteiger partial charge in [-0.1, -0.05) is 24.3 Å². The Hall–Kier alpha value is -2.92. The standard InChI is InChI=1S/C22H26O5/c1-5-17(11-15-7-9-19(23)21(13-15)25-3)27-18(6-2)12-16-8-10-20(24)22(14-16)26-4/h5-10,13-14,17-18,23-24H,1-2,11-12H2,3-4H3. The summed E-state index contributed by atoms with van der Waals surface area (Å²) in [7, 11) is 3.03. The molecule has 5 nitrogen and oxygen atoms in total. The molecule has 0 radical (unpaired) electrons. The molecule has 2 atom stereocenters. The number of phenolic OH excluding ortho intramolecular Hbond substituents is 2. The summed E-state index contributed by atoms with van der Waals surface area (Å²) in [5.41, 5.74) is 1.92. The first-order chi connectivity index (χ1) is 13.0. The quantitative estimate of drug-likeness (QED) is 0.618. The van der Waals surface area contributed by atoms with E-state index in [2.05, 4.69) is 13.2 Å². The molecule has 0 amide bonds. The Morgan fingerprint density at radius 3 is 1.56 bits per heavy atom. The molecule has 0 aliphatic carbocycles. The van der Waals surface area contributed by atoms with E-state index in [9.17, 15) is 10.2 Å². The summed E-state index contributed by atoms with van der Waals surface area (Å²) in [5, 5.41) is 19.4. The average molecular weight is 370 g/mol. The van der Waals surface area contributed by atoms with Crippen LogP contribution in [0.1, 0.15) is 11.1 Å². The van der Waals surface area contributed by atoms with Gasteiger partial charge in [0.2, 0.25) is 0 Å². The monoisotopic (exact) mass is 370 g/mol. The third kappa shape index (κ3) is 5.53. The smallest absolute Gasteiger partial charge is 0.160 e. The maximum absolute atomic E-state index is 9.72. The topological polar surface area (TPSA) is 68.2 Å². The van der Waals surface area contributed by atoms with Crippen LogP contribution < -0.4 is 9.47 Å². The van der Waals surface area contributed by atoms with Crippen molar-refractivity contribution in [3.8, 4) is 23.0 Å². The molecule has 0 aliphatic rings. The molecule has 0 aliphatic heterocycles. The summed E-state index contributed by atoms with van der Waals surface area (Å²) in [6.45, 7) is 7.72. The summed E-state index contributed by atoms with van der Waals surface area (Å²) in [6.07, 6.45) is 4.19. The van der Waals surface area contributed by atoms with Crippen molar-refractivity contribution in [2.75, 3.05) is 14.2 Å². The summed E-state index contributed by atoms with van der Waals surface area (Å²) >= 11 is 0. The molecule has 0 saturated heterocycles. The van der Waals surface area contributed by atoms with E-state index in [0.29, 0.717) is 24.3 Å². The van der Waals surface area contributed by atoms with Crippen LogP contribution in [0.25, 0.3) is 0 Å². The fourth-order valence-electron chi connectivity index (χ4n) is 2.76. The Bertz CT molecular complexity index is 719. The molecule has 2 N–H and O–H groups in total. The molecule has 144 valence electrons. The number of hydrogen-bond donors (Lipinski definition) is 2. The summed E-state index contributed by atoms with van der Waals surface area (Å²) in [5.74, 6) is 1.05. The van der Waals surface area contributed by atoms with Gasteiger partial charge in [-0.05, 0) is 35.4 Å². The number of benzene rings is 2. The largest absolute Gasteiger partial charge is 0.504 e. The Morgan fingerprint density at radius 1 is 0.815 bits per heavy atom. The second-order valence-electron chi connectivity index (χ2n) is 6.11. The number of aromatic hydroxyl groups is 2. The maximum atomic E-state index is 9.72. The molecule has 0 spiro atoms. The Labute approximate surface area is 160 Å². The zero-order chi connectivity index (χ0) is 19.8. The van der Waals surface area contributed by atoms with Gasteiger partial charge in [0.1, 0.15) is 0 Å². The van der Waals surface area contributed by atoms with E-state index in [1.54, 1.807) is 36.4 Å². The lowest BCUT2D eigenvalue weighted by molar-refractivity contribution is 0.0424. The molecular weight excluding hydrogens is 344 g/mol. The minimum atomic E-state index is -0.235. The van der Waals surface area contributed by atoms with Crippen molar-refractivity contribution in [3.63, 3.8) is 0 Å². The van der Waals surface area contributed by atoms with Gasteiger partial charge in [0.25, 0.3) is 0 Å². The first kappa shape index (κ1) is 20.4. The van der Waals surface area contributed by atoms with Crippen LogP contribution in [0.15, 0.2) is 61.7 Å². The highest BCUT2D eigenvalue weighted by Gasteiger charge is 2.15. The van der Waals surface area contributed by atoms with E-state index in [1.807, 2.05) is 12.1 Å². The minimum Gasteiger partial charge on any atom is -0.504 e. The molecule has 0 heterocycles. The first-order valence-electron chi connectivity index (χ1n) is 8.63. The lowest BCUT2D eigenvalue weighted by Crippen LogP contribution is -2.22. The number of ether oxygens (including phenoxy) is 3. The highest BCUT2D eigenvalue weighted by Crippen LogP contribution is 2.28. The van der Waals surface area contributed by atoms with Crippen molar-refractivity contribution in [1.82, 2.24) is 0 Å². The Balaban J connectivity index is 2.06. The van der Waals surface area contributed by atoms with Crippen LogP contribution in [0.5, 0.6) is 23.0 Å². The molecule has 0 fully saturated rings. The number of methoxy groups -OCH3 is 2. The van der Waals surface area contributed by atoms with Gasteiger partial charge in [0, 0.05) is 12.8 Å².